The van der Waals surface area contributed by atoms with Crippen LogP contribution in [0.1, 0.15) is 19.3 Å². The molecule has 4 heteroatoms. The minimum absolute atomic E-state index is 0.269. The topological polar surface area (TPSA) is 35.2 Å². The van der Waals surface area contributed by atoms with Crippen molar-refractivity contribution < 1.29 is 13.5 Å². The van der Waals surface area contributed by atoms with E-state index in [0.29, 0.717) is 26.1 Å². The lowest BCUT2D eigenvalue weighted by molar-refractivity contribution is 0.0396. The Bertz CT molecular complexity index is 122. The molecule has 0 bridgehead atoms. The molecule has 1 aliphatic heterocycles. The van der Waals surface area contributed by atoms with E-state index in [-0.39, 0.29) is 6.42 Å². The normalized spacial score (nSPS) is 33.8. The second-order valence-corrected chi connectivity index (χ2v) is 3.00. The first-order valence-electron chi connectivity index (χ1n) is 3.80. The summed E-state index contributed by atoms with van der Waals surface area (Å²) in [4.78, 5) is 0. The molecule has 0 spiro atoms. The number of halogens is 2. The van der Waals surface area contributed by atoms with Gasteiger partial charge in [0.25, 0.3) is 6.43 Å². The molecule has 0 aliphatic carbocycles. The van der Waals surface area contributed by atoms with Gasteiger partial charge in [0.2, 0.25) is 0 Å². The summed E-state index contributed by atoms with van der Waals surface area (Å²) < 4.78 is 29.6. The van der Waals surface area contributed by atoms with Crippen LogP contribution in [0.3, 0.4) is 0 Å². The van der Waals surface area contributed by atoms with Crippen molar-refractivity contribution in [2.24, 2.45) is 5.73 Å². The molecule has 66 valence electrons. The van der Waals surface area contributed by atoms with E-state index in [1.54, 1.807) is 0 Å². The molecule has 0 aromatic rings. The van der Waals surface area contributed by atoms with E-state index < -0.39 is 12.0 Å². The van der Waals surface area contributed by atoms with E-state index in [1.807, 2.05) is 0 Å². The van der Waals surface area contributed by atoms with Crippen LogP contribution in [0.25, 0.3) is 0 Å². The number of rotatable bonds is 1. The monoisotopic (exact) mass is 165 g/mol. The fourth-order valence-corrected chi connectivity index (χ4v) is 1.21. The van der Waals surface area contributed by atoms with Crippen molar-refractivity contribution in [3.63, 3.8) is 0 Å². The largest absolute Gasteiger partial charge is 0.381 e. The molecule has 0 amide bonds. The van der Waals surface area contributed by atoms with Crippen molar-refractivity contribution in [1.82, 2.24) is 0 Å². The van der Waals surface area contributed by atoms with Crippen molar-refractivity contribution in [2.75, 3.05) is 13.2 Å². The summed E-state index contributed by atoms with van der Waals surface area (Å²) in [5.74, 6) is 0. The van der Waals surface area contributed by atoms with E-state index >= 15 is 0 Å². The van der Waals surface area contributed by atoms with Gasteiger partial charge in [-0.05, 0) is 19.3 Å². The van der Waals surface area contributed by atoms with Crippen molar-refractivity contribution in [1.29, 1.82) is 0 Å². The van der Waals surface area contributed by atoms with Gasteiger partial charge in [-0.2, -0.15) is 0 Å². The Morgan fingerprint density at radius 1 is 1.27 bits per heavy atom. The van der Waals surface area contributed by atoms with Crippen LogP contribution in [0.2, 0.25) is 0 Å². The molecule has 0 radical (unpaired) electrons. The summed E-state index contributed by atoms with van der Waals surface area (Å²) in [6.07, 6.45) is -1.15. The molecule has 1 aliphatic rings. The SMILES string of the molecule is NC1(C(F)F)CCCOCC1. The average molecular weight is 165 g/mol. The second-order valence-electron chi connectivity index (χ2n) is 3.00. The number of ether oxygens (including phenoxy) is 1. The molecule has 11 heavy (non-hydrogen) atoms. The van der Waals surface area contributed by atoms with Crippen LogP contribution in [-0.4, -0.2) is 25.2 Å². The molecular formula is C7H13F2NO. The van der Waals surface area contributed by atoms with Gasteiger partial charge in [0.05, 0.1) is 5.54 Å². The Morgan fingerprint density at radius 2 is 2.00 bits per heavy atom. The zero-order valence-electron chi connectivity index (χ0n) is 6.35. The minimum Gasteiger partial charge on any atom is -0.381 e. The molecule has 2 nitrogen and oxygen atoms in total. The third kappa shape index (κ3) is 2.10. The minimum atomic E-state index is -2.43. The fraction of sp³-hybridized carbons (Fsp3) is 1.00. The highest BCUT2D eigenvalue weighted by atomic mass is 19.3. The summed E-state index contributed by atoms with van der Waals surface area (Å²) in [5, 5.41) is 0. The van der Waals surface area contributed by atoms with Crippen LogP contribution in [0.15, 0.2) is 0 Å². The number of hydrogen-bond acceptors (Lipinski definition) is 2. The van der Waals surface area contributed by atoms with E-state index in [1.165, 1.54) is 0 Å². The van der Waals surface area contributed by atoms with E-state index in [9.17, 15) is 8.78 Å². The van der Waals surface area contributed by atoms with Crippen LogP contribution in [0.4, 0.5) is 8.78 Å². The maximum Gasteiger partial charge on any atom is 0.256 e. The first-order chi connectivity index (χ1) is 5.15. The van der Waals surface area contributed by atoms with Crippen molar-refractivity contribution in [3.8, 4) is 0 Å². The zero-order chi connectivity index (χ0) is 8.32. The third-order valence-corrected chi connectivity index (χ3v) is 2.08. The van der Waals surface area contributed by atoms with Crippen LogP contribution >= 0.6 is 0 Å². The number of alkyl halides is 2. The lowest BCUT2D eigenvalue weighted by Crippen LogP contribution is -2.47. The predicted octanol–water partition coefficient (Wildman–Crippen LogP) is 1.15. The summed E-state index contributed by atoms with van der Waals surface area (Å²) in [7, 11) is 0. The Hall–Kier alpha value is -0.220. The average Bonchev–Trinajstić information content (AvgIpc) is 2.15. The highest BCUT2D eigenvalue weighted by molar-refractivity contribution is 4.87. The summed E-state index contributed by atoms with van der Waals surface area (Å²) >= 11 is 0. The molecule has 1 unspecified atom stereocenters. The van der Waals surface area contributed by atoms with Crippen molar-refractivity contribution >= 4 is 0 Å². The van der Waals surface area contributed by atoms with Crippen LogP contribution in [0.5, 0.6) is 0 Å². The predicted molar refractivity (Wildman–Crippen MR) is 37.6 cm³/mol. The van der Waals surface area contributed by atoms with Crippen LogP contribution in [0, 0.1) is 0 Å². The van der Waals surface area contributed by atoms with Gasteiger partial charge < -0.3 is 10.5 Å². The lowest BCUT2D eigenvalue weighted by Gasteiger charge is -2.25. The molecular weight excluding hydrogens is 152 g/mol. The fourth-order valence-electron chi connectivity index (χ4n) is 1.21. The summed E-state index contributed by atoms with van der Waals surface area (Å²) in [6, 6.07) is 0. The van der Waals surface area contributed by atoms with Gasteiger partial charge in [0.1, 0.15) is 0 Å². The summed E-state index contributed by atoms with van der Waals surface area (Å²) in [6.45, 7) is 0.923. The maximum atomic E-state index is 12.3. The van der Waals surface area contributed by atoms with Crippen molar-refractivity contribution in [3.05, 3.63) is 0 Å². The molecule has 2 N–H and O–H groups in total. The van der Waals surface area contributed by atoms with Gasteiger partial charge in [0.15, 0.2) is 0 Å². The molecule has 0 aromatic carbocycles. The van der Waals surface area contributed by atoms with Crippen LogP contribution in [-0.2, 0) is 4.74 Å². The van der Waals surface area contributed by atoms with Gasteiger partial charge in [-0.15, -0.1) is 0 Å². The Balaban J connectivity index is 2.52. The van der Waals surface area contributed by atoms with E-state index in [0.717, 1.165) is 0 Å². The zero-order valence-corrected chi connectivity index (χ0v) is 6.35. The van der Waals surface area contributed by atoms with Gasteiger partial charge >= 0.3 is 0 Å². The van der Waals surface area contributed by atoms with Gasteiger partial charge in [0, 0.05) is 13.2 Å². The van der Waals surface area contributed by atoms with Gasteiger partial charge in [-0.3, -0.25) is 0 Å². The van der Waals surface area contributed by atoms with Crippen LogP contribution < -0.4 is 5.73 Å². The third-order valence-electron chi connectivity index (χ3n) is 2.08. The first kappa shape index (κ1) is 8.87. The Labute approximate surface area is 64.7 Å². The molecule has 1 atom stereocenters. The lowest BCUT2D eigenvalue weighted by atomic mass is 9.93. The molecule has 0 aromatic heterocycles. The highest BCUT2D eigenvalue weighted by Gasteiger charge is 2.35. The number of nitrogens with two attached hydrogens (primary N) is 1. The highest BCUT2D eigenvalue weighted by Crippen LogP contribution is 2.24. The molecule has 1 saturated heterocycles. The van der Waals surface area contributed by atoms with Gasteiger partial charge in [-0.25, -0.2) is 8.78 Å². The van der Waals surface area contributed by atoms with Gasteiger partial charge in [-0.1, -0.05) is 0 Å². The second kappa shape index (κ2) is 3.45. The molecule has 1 fully saturated rings. The smallest absolute Gasteiger partial charge is 0.256 e. The van der Waals surface area contributed by atoms with Crippen molar-refractivity contribution in [2.45, 2.75) is 31.2 Å². The maximum absolute atomic E-state index is 12.3. The standard InChI is InChI=1S/C7H13F2NO/c8-6(9)7(10)2-1-4-11-5-3-7/h6H,1-5,10H2. The molecule has 1 rings (SSSR count). The molecule has 1 heterocycles. The van der Waals surface area contributed by atoms with E-state index in [2.05, 4.69) is 0 Å². The quantitative estimate of drug-likeness (QED) is 0.632. The summed E-state index contributed by atoms with van der Waals surface area (Å²) in [5.41, 5.74) is 4.18. The Kier molecular flexibility index (Phi) is 2.78. The van der Waals surface area contributed by atoms with E-state index in [4.69, 9.17) is 10.5 Å². The molecule has 0 saturated carbocycles. The Morgan fingerprint density at radius 3 is 2.64 bits per heavy atom. The first-order valence-corrected chi connectivity index (χ1v) is 3.80. The number of hydrogen-bond donors (Lipinski definition) is 1.